The maximum Gasteiger partial charge on any atom is 0.0898 e. The molecular weight excluding hydrogens is 569 g/mol. The first-order valence-electron chi connectivity index (χ1n) is 16.9. The molecule has 1 spiro atoms. The molecule has 0 aliphatic heterocycles. The van der Waals surface area contributed by atoms with Crippen LogP contribution in [-0.2, 0) is 23.8 Å². The third-order valence-corrected chi connectivity index (χ3v) is 11.2. The number of hydrogen-bond acceptors (Lipinski definition) is 2. The number of nitrogens with one attached hydrogen (secondary N) is 1. The third kappa shape index (κ3) is 4.01. The van der Waals surface area contributed by atoms with Crippen LogP contribution >= 0.6 is 0 Å². The lowest BCUT2D eigenvalue weighted by Crippen LogP contribution is -2.40. The fourth-order valence-corrected chi connectivity index (χ4v) is 9.01. The number of fused-ring (bicyclic) bond motifs is 9. The van der Waals surface area contributed by atoms with Crippen molar-refractivity contribution < 1.29 is 0 Å². The van der Waals surface area contributed by atoms with Gasteiger partial charge in [-0.1, -0.05) is 145 Å². The Kier molecular flexibility index (Phi) is 6.38. The van der Waals surface area contributed by atoms with E-state index in [0.29, 0.717) is 0 Å². The molecule has 228 valence electrons. The Labute approximate surface area is 277 Å². The molecule has 3 N–H and O–H groups in total. The summed E-state index contributed by atoms with van der Waals surface area (Å²) in [5.41, 5.74) is 24.6. The molecule has 0 fully saturated rings. The van der Waals surface area contributed by atoms with Crippen LogP contribution in [0.4, 0.5) is 0 Å². The van der Waals surface area contributed by atoms with Gasteiger partial charge in [-0.05, 0) is 106 Å². The highest BCUT2D eigenvalue weighted by atomic mass is 14.9. The van der Waals surface area contributed by atoms with Gasteiger partial charge in [-0.25, -0.2) is 0 Å². The summed E-state index contributed by atoms with van der Waals surface area (Å²) in [7, 11) is 2.05. The molecule has 0 aromatic heterocycles. The Hall–Kier alpha value is -5.18. The summed E-state index contributed by atoms with van der Waals surface area (Å²) >= 11 is 0. The molecule has 0 saturated carbocycles. The smallest absolute Gasteiger partial charge is 0.0898 e. The van der Waals surface area contributed by atoms with Crippen molar-refractivity contribution in [2.75, 3.05) is 7.05 Å². The van der Waals surface area contributed by atoms with Crippen molar-refractivity contribution in [3.63, 3.8) is 0 Å². The van der Waals surface area contributed by atoms with Gasteiger partial charge >= 0.3 is 0 Å². The van der Waals surface area contributed by atoms with Crippen molar-refractivity contribution in [1.29, 1.82) is 0 Å². The monoisotopic (exact) mass is 606 g/mol. The average Bonchev–Trinajstić information content (AvgIpc) is 3.72. The Balaban J connectivity index is 1.25. The van der Waals surface area contributed by atoms with Crippen molar-refractivity contribution >= 4 is 6.08 Å². The first-order chi connectivity index (χ1) is 23.1. The SMILES string of the molecule is CNC(/C=C(\N)C1=CC2=C(CC1)Cc1ccccc1C21c2ccccc2-c2ccccc21)(c1ccccc1)c1ccc2c(c1)CC=C2. The van der Waals surface area contributed by atoms with Gasteiger partial charge in [0.1, 0.15) is 0 Å². The summed E-state index contributed by atoms with van der Waals surface area (Å²) in [5.74, 6) is 0. The van der Waals surface area contributed by atoms with Gasteiger partial charge in [-0.2, -0.15) is 0 Å². The van der Waals surface area contributed by atoms with E-state index in [-0.39, 0.29) is 5.41 Å². The largest absolute Gasteiger partial charge is 0.399 e. The van der Waals surface area contributed by atoms with Crippen LogP contribution in [-0.4, -0.2) is 7.05 Å². The minimum atomic E-state index is -0.581. The van der Waals surface area contributed by atoms with Crippen molar-refractivity contribution in [3.05, 3.63) is 206 Å². The van der Waals surface area contributed by atoms with Gasteiger partial charge < -0.3 is 11.1 Å². The highest BCUT2D eigenvalue weighted by Crippen LogP contribution is 2.60. The van der Waals surface area contributed by atoms with Gasteiger partial charge in [0.15, 0.2) is 0 Å². The molecule has 0 amide bonds. The maximum absolute atomic E-state index is 7.31. The van der Waals surface area contributed by atoms with E-state index >= 15 is 0 Å². The normalized spacial score (nSPS) is 18.1. The van der Waals surface area contributed by atoms with Gasteiger partial charge in [0.25, 0.3) is 0 Å². The van der Waals surface area contributed by atoms with E-state index in [4.69, 9.17) is 5.73 Å². The fraction of sp³-hybridized carbons (Fsp3) is 0.156. The van der Waals surface area contributed by atoms with E-state index in [1.807, 2.05) is 0 Å². The molecule has 0 saturated heterocycles. The number of nitrogens with two attached hydrogens (primary N) is 1. The van der Waals surface area contributed by atoms with Crippen LogP contribution in [0.2, 0.25) is 0 Å². The molecular formula is C45H38N2. The maximum atomic E-state index is 7.31. The number of benzene rings is 5. The minimum Gasteiger partial charge on any atom is -0.399 e. The zero-order chi connectivity index (χ0) is 31.6. The molecule has 9 rings (SSSR count). The van der Waals surface area contributed by atoms with Gasteiger partial charge in [0, 0.05) is 5.70 Å². The predicted octanol–water partition coefficient (Wildman–Crippen LogP) is 9.15. The second-order valence-electron chi connectivity index (χ2n) is 13.4. The van der Waals surface area contributed by atoms with E-state index in [1.165, 1.54) is 72.4 Å². The summed E-state index contributed by atoms with van der Waals surface area (Å²) < 4.78 is 0. The summed E-state index contributed by atoms with van der Waals surface area (Å²) in [6.45, 7) is 0. The molecule has 0 radical (unpaired) electrons. The predicted molar refractivity (Wildman–Crippen MR) is 194 cm³/mol. The van der Waals surface area contributed by atoms with Gasteiger partial charge in [-0.3, -0.25) is 0 Å². The second kappa shape index (κ2) is 10.7. The first kappa shape index (κ1) is 28.1. The lowest BCUT2D eigenvalue weighted by Gasteiger charge is -2.43. The van der Waals surface area contributed by atoms with Crippen LogP contribution in [0, 0.1) is 0 Å². The van der Waals surface area contributed by atoms with Crippen LogP contribution in [0.25, 0.3) is 17.2 Å². The minimum absolute atomic E-state index is 0.365. The van der Waals surface area contributed by atoms with Crippen LogP contribution in [0.3, 0.4) is 0 Å². The summed E-state index contributed by atoms with van der Waals surface area (Å²) in [6, 6.07) is 44.8. The van der Waals surface area contributed by atoms with E-state index in [0.717, 1.165) is 31.4 Å². The van der Waals surface area contributed by atoms with Crippen LogP contribution < -0.4 is 11.1 Å². The van der Waals surface area contributed by atoms with E-state index in [9.17, 15) is 0 Å². The standard InChI is InChI=1S/C45H38N2/c1-47-44(35-15-3-2-4-16-35,36-25-24-30-13-11-14-31(30)27-36)29-43(46)34-23-22-33-26-32-12-5-8-19-39(32)45(42(33)28-34)40-20-9-6-17-37(40)38-18-7-10-21-41(38)45/h2-13,15-21,24-25,27-29,47H,14,22-23,26,46H2,1H3/b43-29-. The number of likely N-dealkylation sites (N-methyl/N-ethyl adjacent to an activating group) is 1. The van der Waals surface area contributed by atoms with Crippen LogP contribution in [0.15, 0.2) is 162 Å². The zero-order valence-corrected chi connectivity index (χ0v) is 26.8. The van der Waals surface area contributed by atoms with Crippen molar-refractivity contribution in [1.82, 2.24) is 5.32 Å². The van der Waals surface area contributed by atoms with E-state index in [1.54, 1.807) is 0 Å². The molecule has 2 nitrogen and oxygen atoms in total. The van der Waals surface area contributed by atoms with E-state index in [2.05, 4.69) is 158 Å². The number of rotatable bonds is 5. The fourth-order valence-electron chi connectivity index (χ4n) is 9.01. The summed E-state index contributed by atoms with van der Waals surface area (Å²) in [6.07, 6.45) is 13.1. The first-order valence-corrected chi connectivity index (χ1v) is 16.9. The van der Waals surface area contributed by atoms with Crippen LogP contribution in [0.5, 0.6) is 0 Å². The quantitative estimate of drug-likeness (QED) is 0.209. The second-order valence-corrected chi connectivity index (χ2v) is 13.4. The Morgan fingerprint density at radius 2 is 1.40 bits per heavy atom. The third-order valence-electron chi connectivity index (χ3n) is 11.2. The Morgan fingerprint density at radius 3 is 2.15 bits per heavy atom. The van der Waals surface area contributed by atoms with Gasteiger partial charge in [0.2, 0.25) is 0 Å². The lowest BCUT2D eigenvalue weighted by atomic mass is 9.59. The molecule has 5 aromatic rings. The highest BCUT2D eigenvalue weighted by Gasteiger charge is 2.50. The van der Waals surface area contributed by atoms with Gasteiger partial charge in [-0.15, -0.1) is 0 Å². The lowest BCUT2D eigenvalue weighted by molar-refractivity contribution is 0.541. The van der Waals surface area contributed by atoms with Crippen molar-refractivity contribution in [2.24, 2.45) is 5.73 Å². The Bertz CT molecular complexity index is 2150. The molecule has 5 aromatic carbocycles. The summed E-state index contributed by atoms with van der Waals surface area (Å²) in [5, 5.41) is 3.74. The van der Waals surface area contributed by atoms with Crippen molar-refractivity contribution in [2.45, 2.75) is 36.6 Å². The van der Waals surface area contributed by atoms with Gasteiger partial charge in [0.05, 0.1) is 11.0 Å². The van der Waals surface area contributed by atoms with Crippen molar-refractivity contribution in [3.8, 4) is 11.1 Å². The average molecular weight is 607 g/mol. The summed E-state index contributed by atoms with van der Waals surface area (Å²) in [4.78, 5) is 0. The molecule has 2 heteroatoms. The molecule has 47 heavy (non-hydrogen) atoms. The molecule has 4 aliphatic carbocycles. The Morgan fingerprint density at radius 1 is 0.723 bits per heavy atom. The molecule has 0 heterocycles. The number of hydrogen-bond donors (Lipinski definition) is 2. The molecule has 0 bridgehead atoms. The number of allylic oxidation sites excluding steroid dienone is 5. The van der Waals surface area contributed by atoms with E-state index < -0.39 is 5.54 Å². The molecule has 1 unspecified atom stereocenters. The molecule has 4 aliphatic rings. The highest BCUT2D eigenvalue weighted by molar-refractivity contribution is 5.88. The topological polar surface area (TPSA) is 38.0 Å². The molecule has 1 atom stereocenters. The van der Waals surface area contributed by atoms with Crippen LogP contribution in [0.1, 0.15) is 57.3 Å². The zero-order valence-electron chi connectivity index (χ0n) is 26.8.